The summed E-state index contributed by atoms with van der Waals surface area (Å²) in [6, 6.07) is 2.58. The van der Waals surface area contributed by atoms with E-state index in [1.807, 2.05) is 0 Å². The maximum Gasteiger partial charge on any atom is 0.412 e. The van der Waals surface area contributed by atoms with Gasteiger partial charge in [-0.25, -0.2) is 18.2 Å². The molecule has 0 aromatic carbocycles. The zero-order valence-corrected chi connectivity index (χ0v) is 9.81. The van der Waals surface area contributed by atoms with Gasteiger partial charge in [-0.05, 0) is 12.1 Å². The van der Waals surface area contributed by atoms with Crippen molar-refractivity contribution in [2.75, 3.05) is 17.7 Å². The first-order valence-corrected chi connectivity index (χ1v) is 6.35. The van der Waals surface area contributed by atoms with E-state index in [0.29, 0.717) is 0 Å². The summed E-state index contributed by atoms with van der Waals surface area (Å²) in [5.41, 5.74) is 0.225. The van der Waals surface area contributed by atoms with E-state index < -0.39 is 15.9 Å². The number of nitrogens with zero attached hydrogens (tertiary/aromatic N) is 2. The second-order valence-electron chi connectivity index (χ2n) is 3.20. The molecule has 7 heteroatoms. The molecular weight excluding hydrogens is 244 g/mol. The third-order valence-electron chi connectivity index (χ3n) is 1.89. The summed E-state index contributed by atoms with van der Waals surface area (Å²) < 4.78 is 22.3. The SMILES string of the molecule is C#CCN(C(=O)O)c1ccc(S(C)(=O)=O)nc1. The zero-order valence-electron chi connectivity index (χ0n) is 8.99. The average molecular weight is 254 g/mol. The number of rotatable bonds is 3. The first-order chi connectivity index (χ1) is 7.86. The van der Waals surface area contributed by atoms with Gasteiger partial charge in [-0.1, -0.05) is 5.92 Å². The van der Waals surface area contributed by atoms with Crippen LogP contribution >= 0.6 is 0 Å². The largest absolute Gasteiger partial charge is 0.465 e. The van der Waals surface area contributed by atoms with Crippen LogP contribution in [0.1, 0.15) is 0 Å². The summed E-state index contributed by atoms with van der Waals surface area (Å²) >= 11 is 0. The van der Waals surface area contributed by atoms with Crippen molar-refractivity contribution in [3.05, 3.63) is 18.3 Å². The molecule has 0 saturated carbocycles. The number of hydrogen-bond donors (Lipinski definition) is 1. The molecule has 0 radical (unpaired) electrons. The first-order valence-electron chi connectivity index (χ1n) is 4.46. The molecular formula is C10H10N2O4S. The maximum atomic E-state index is 11.1. The number of pyridine rings is 1. The highest BCUT2D eigenvalue weighted by molar-refractivity contribution is 7.90. The van der Waals surface area contributed by atoms with E-state index in [1.54, 1.807) is 0 Å². The van der Waals surface area contributed by atoms with Gasteiger partial charge < -0.3 is 5.11 Å². The summed E-state index contributed by atoms with van der Waals surface area (Å²) in [5, 5.41) is 8.75. The van der Waals surface area contributed by atoms with Crippen molar-refractivity contribution in [3.8, 4) is 12.3 Å². The number of hydrogen-bond acceptors (Lipinski definition) is 4. The lowest BCUT2D eigenvalue weighted by atomic mass is 10.4. The Morgan fingerprint density at radius 2 is 2.24 bits per heavy atom. The Morgan fingerprint density at radius 1 is 1.59 bits per heavy atom. The van der Waals surface area contributed by atoms with Crippen LogP contribution in [-0.2, 0) is 9.84 Å². The van der Waals surface area contributed by atoms with Crippen LogP contribution in [0.25, 0.3) is 0 Å². The molecule has 0 fully saturated rings. The summed E-state index contributed by atoms with van der Waals surface area (Å²) in [4.78, 5) is 15.4. The third-order valence-corrected chi connectivity index (χ3v) is 2.89. The standard InChI is InChI=1S/C10H10N2O4S/c1-3-6-12(10(13)14)8-4-5-9(11-7-8)17(2,15)16/h1,4-5,7H,6H2,2H3,(H,13,14). The second kappa shape index (κ2) is 4.84. The fraction of sp³-hybridized carbons (Fsp3) is 0.200. The summed E-state index contributed by atoms with van der Waals surface area (Å²) in [7, 11) is -3.40. The van der Waals surface area contributed by atoms with Crippen molar-refractivity contribution in [2.45, 2.75) is 5.03 Å². The minimum atomic E-state index is -3.40. The second-order valence-corrected chi connectivity index (χ2v) is 5.16. The van der Waals surface area contributed by atoms with Gasteiger partial charge in [0, 0.05) is 6.26 Å². The fourth-order valence-electron chi connectivity index (χ4n) is 1.11. The van der Waals surface area contributed by atoms with Gasteiger partial charge in [0.2, 0.25) is 0 Å². The highest BCUT2D eigenvalue weighted by atomic mass is 32.2. The monoisotopic (exact) mass is 254 g/mol. The molecule has 1 N–H and O–H groups in total. The lowest BCUT2D eigenvalue weighted by molar-refractivity contribution is 0.202. The molecule has 6 nitrogen and oxygen atoms in total. The predicted octanol–water partition coefficient (Wildman–Crippen LogP) is 0.603. The predicted molar refractivity (Wildman–Crippen MR) is 61.6 cm³/mol. The number of sulfone groups is 1. The van der Waals surface area contributed by atoms with E-state index in [-0.39, 0.29) is 17.3 Å². The fourth-order valence-corrected chi connectivity index (χ4v) is 1.67. The van der Waals surface area contributed by atoms with Crippen molar-refractivity contribution in [1.29, 1.82) is 0 Å². The van der Waals surface area contributed by atoms with Crippen molar-refractivity contribution in [2.24, 2.45) is 0 Å². The van der Waals surface area contributed by atoms with E-state index in [2.05, 4.69) is 10.9 Å². The quantitative estimate of drug-likeness (QED) is 0.798. The topological polar surface area (TPSA) is 87.6 Å². The Labute approximate surface area is 98.8 Å². The molecule has 0 atom stereocenters. The minimum Gasteiger partial charge on any atom is -0.465 e. The Balaban J connectivity index is 3.09. The highest BCUT2D eigenvalue weighted by Gasteiger charge is 2.15. The Kier molecular flexibility index (Phi) is 3.70. The van der Waals surface area contributed by atoms with E-state index in [9.17, 15) is 13.2 Å². The highest BCUT2D eigenvalue weighted by Crippen LogP contribution is 2.15. The van der Waals surface area contributed by atoms with Crippen LogP contribution in [0.15, 0.2) is 23.4 Å². The lowest BCUT2D eigenvalue weighted by Gasteiger charge is -2.15. The van der Waals surface area contributed by atoms with Crippen LogP contribution in [0, 0.1) is 12.3 Å². The smallest absolute Gasteiger partial charge is 0.412 e. The van der Waals surface area contributed by atoms with Gasteiger partial charge in [0.1, 0.15) is 0 Å². The van der Waals surface area contributed by atoms with Gasteiger partial charge in [0.05, 0.1) is 18.4 Å². The molecule has 0 spiro atoms. The number of aromatic nitrogens is 1. The maximum absolute atomic E-state index is 11.1. The molecule has 17 heavy (non-hydrogen) atoms. The van der Waals surface area contributed by atoms with Crippen LogP contribution in [0.5, 0.6) is 0 Å². The van der Waals surface area contributed by atoms with Gasteiger partial charge >= 0.3 is 6.09 Å². The normalized spacial score (nSPS) is 10.6. The van der Waals surface area contributed by atoms with Crippen LogP contribution in [-0.4, -0.2) is 37.4 Å². The van der Waals surface area contributed by atoms with E-state index >= 15 is 0 Å². The van der Waals surface area contributed by atoms with E-state index in [4.69, 9.17) is 11.5 Å². The third kappa shape index (κ3) is 3.19. The molecule has 0 aliphatic carbocycles. The van der Waals surface area contributed by atoms with Crippen LogP contribution in [0.2, 0.25) is 0 Å². The van der Waals surface area contributed by atoms with Crippen molar-refractivity contribution in [1.82, 2.24) is 4.98 Å². The number of anilines is 1. The molecule has 1 amide bonds. The van der Waals surface area contributed by atoms with Gasteiger partial charge in [0.25, 0.3) is 0 Å². The number of carbonyl (C=O) groups is 1. The summed E-state index contributed by atoms with van der Waals surface area (Å²) in [6.07, 6.45) is 5.98. The molecule has 1 aromatic rings. The van der Waals surface area contributed by atoms with Gasteiger partial charge in [-0.3, -0.25) is 4.90 Å². The summed E-state index contributed by atoms with van der Waals surface area (Å²) in [5.74, 6) is 2.19. The van der Waals surface area contributed by atoms with Crippen molar-refractivity contribution >= 4 is 21.6 Å². The Bertz CT molecular complexity index is 557. The molecule has 90 valence electrons. The molecule has 1 aromatic heterocycles. The Hall–Kier alpha value is -2.07. The van der Waals surface area contributed by atoms with Gasteiger partial charge in [-0.15, -0.1) is 6.42 Å². The van der Waals surface area contributed by atoms with E-state index in [1.165, 1.54) is 12.1 Å². The molecule has 0 bridgehead atoms. The van der Waals surface area contributed by atoms with Gasteiger partial charge in [0.15, 0.2) is 14.9 Å². The molecule has 1 rings (SSSR count). The summed E-state index contributed by atoms with van der Waals surface area (Å²) in [6.45, 7) is -0.130. The van der Waals surface area contributed by atoms with E-state index in [0.717, 1.165) is 17.4 Å². The van der Waals surface area contributed by atoms with Crippen LogP contribution in [0.4, 0.5) is 10.5 Å². The molecule has 0 aliphatic heterocycles. The molecule has 1 heterocycles. The average Bonchev–Trinajstić information content (AvgIpc) is 2.24. The molecule has 0 aliphatic rings. The first kappa shape index (κ1) is 13.0. The zero-order chi connectivity index (χ0) is 13.1. The van der Waals surface area contributed by atoms with Crippen LogP contribution in [0.3, 0.4) is 0 Å². The number of terminal acetylenes is 1. The molecule has 0 saturated heterocycles. The Morgan fingerprint density at radius 3 is 2.59 bits per heavy atom. The number of amides is 1. The number of carboxylic acid groups (broad SMARTS) is 1. The minimum absolute atomic E-state index is 0.118. The lowest BCUT2D eigenvalue weighted by Crippen LogP contribution is -2.29. The van der Waals surface area contributed by atoms with Gasteiger partial charge in [-0.2, -0.15) is 0 Å². The van der Waals surface area contributed by atoms with Crippen LogP contribution < -0.4 is 4.90 Å². The molecule has 0 unspecified atom stereocenters. The van der Waals surface area contributed by atoms with Crippen molar-refractivity contribution < 1.29 is 18.3 Å². The van der Waals surface area contributed by atoms with Crippen molar-refractivity contribution in [3.63, 3.8) is 0 Å².